The smallest absolute Gasteiger partial charge is 0.338 e. The van der Waals surface area contributed by atoms with Crippen LogP contribution < -0.4 is 0 Å². The summed E-state index contributed by atoms with van der Waals surface area (Å²) < 4.78 is 11.6. The van der Waals surface area contributed by atoms with Gasteiger partial charge in [0.1, 0.15) is 6.10 Å². The fraction of sp³-hybridized carbons (Fsp3) is 0.500. The molecule has 0 saturated heterocycles. The van der Waals surface area contributed by atoms with Crippen molar-refractivity contribution in [3.63, 3.8) is 0 Å². The van der Waals surface area contributed by atoms with Gasteiger partial charge in [-0.2, -0.15) is 0 Å². The molecule has 1 aliphatic rings. The minimum atomic E-state index is -0.804. The van der Waals surface area contributed by atoms with E-state index >= 15 is 0 Å². The molecule has 4 nitrogen and oxygen atoms in total. The Labute approximate surface area is 156 Å². The van der Waals surface area contributed by atoms with Crippen LogP contribution in [0.3, 0.4) is 0 Å². The number of benzene rings is 1. The second-order valence-corrected chi connectivity index (χ2v) is 7.89. The van der Waals surface area contributed by atoms with Crippen LogP contribution in [0.5, 0.6) is 0 Å². The Kier molecular flexibility index (Phi) is 6.79. The van der Waals surface area contributed by atoms with Crippen LogP contribution in [0.25, 0.3) is 0 Å². The SMILES string of the molecule is CC(C)=CCOC1CC(C)(C)C(O)C(OC(=O)c2ccccc2)C=C1C. The first-order valence-electron chi connectivity index (χ1n) is 9.08. The van der Waals surface area contributed by atoms with E-state index in [1.54, 1.807) is 24.3 Å². The van der Waals surface area contributed by atoms with Gasteiger partial charge < -0.3 is 14.6 Å². The van der Waals surface area contributed by atoms with E-state index in [-0.39, 0.29) is 6.10 Å². The van der Waals surface area contributed by atoms with Crippen LogP contribution >= 0.6 is 0 Å². The normalized spacial score (nSPS) is 25.0. The maximum atomic E-state index is 12.4. The number of aliphatic hydroxyl groups excluding tert-OH is 1. The van der Waals surface area contributed by atoms with E-state index in [1.807, 2.05) is 52.8 Å². The molecule has 0 saturated carbocycles. The molecule has 142 valence electrons. The summed E-state index contributed by atoms with van der Waals surface area (Å²) in [6.07, 6.45) is 2.90. The highest BCUT2D eigenvalue weighted by Crippen LogP contribution is 2.37. The van der Waals surface area contributed by atoms with Crippen LogP contribution in [0.4, 0.5) is 0 Å². The third-order valence-electron chi connectivity index (χ3n) is 4.80. The van der Waals surface area contributed by atoms with E-state index in [4.69, 9.17) is 9.47 Å². The average Bonchev–Trinajstić information content (AvgIpc) is 2.66. The Morgan fingerprint density at radius 1 is 1.27 bits per heavy atom. The third kappa shape index (κ3) is 5.29. The van der Waals surface area contributed by atoms with Gasteiger partial charge in [-0.15, -0.1) is 0 Å². The second kappa shape index (κ2) is 8.65. The van der Waals surface area contributed by atoms with Crippen molar-refractivity contribution in [2.24, 2.45) is 5.41 Å². The van der Waals surface area contributed by atoms with Crippen LogP contribution in [0.2, 0.25) is 0 Å². The third-order valence-corrected chi connectivity index (χ3v) is 4.80. The van der Waals surface area contributed by atoms with Crippen molar-refractivity contribution in [1.82, 2.24) is 0 Å². The van der Waals surface area contributed by atoms with Crippen molar-refractivity contribution in [3.05, 3.63) is 59.2 Å². The monoisotopic (exact) mass is 358 g/mol. The van der Waals surface area contributed by atoms with Gasteiger partial charge in [0.2, 0.25) is 0 Å². The zero-order valence-electron chi connectivity index (χ0n) is 16.4. The van der Waals surface area contributed by atoms with Crippen molar-refractivity contribution in [2.45, 2.75) is 59.4 Å². The lowest BCUT2D eigenvalue weighted by molar-refractivity contribution is -0.0567. The Morgan fingerprint density at radius 2 is 1.92 bits per heavy atom. The van der Waals surface area contributed by atoms with Gasteiger partial charge in [0.15, 0.2) is 0 Å². The lowest BCUT2D eigenvalue weighted by Crippen LogP contribution is -2.41. The van der Waals surface area contributed by atoms with Crippen LogP contribution in [0.1, 0.15) is 51.4 Å². The van der Waals surface area contributed by atoms with E-state index in [0.717, 1.165) is 5.57 Å². The first kappa shape index (κ1) is 20.4. The Hall–Kier alpha value is -1.91. The van der Waals surface area contributed by atoms with Gasteiger partial charge in [-0.3, -0.25) is 0 Å². The average molecular weight is 358 g/mol. The molecule has 1 aromatic carbocycles. The maximum absolute atomic E-state index is 12.4. The second-order valence-electron chi connectivity index (χ2n) is 7.89. The number of aliphatic hydroxyl groups is 1. The molecule has 0 fully saturated rings. The van der Waals surface area contributed by atoms with Gasteiger partial charge in [0.25, 0.3) is 0 Å². The van der Waals surface area contributed by atoms with Crippen molar-refractivity contribution in [2.75, 3.05) is 6.61 Å². The maximum Gasteiger partial charge on any atom is 0.338 e. The van der Waals surface area contributed by atoms with Crippen LogP contribution in [0.15, 0.2) is 53.6 Å². The van der Waals surface area contributed by atoms with Gasteiger partial charge in [0, 0.05) is 0 Å². The minimum Gasteiger partial charge on any atom is -0.452 e. The summed E-state index contributed by atoms with van der Waals surface area (Å²) in [6.45, 7) is 10.5. The molecule has 0 aromatic heterocycles. The van der Waals surface area contributed by atoms with Gasteiger partial charge in [-0.25, -0.2) is 4.79 Å². The molecule has 3 atom stereocenters. The summed E-state index contributed by atoms with van der Waals surface area (Å²) in [5.74, 6) is -0.432. The van der Waals surface area contributed by atoms with Gasteiger partial charge >= 0.3 is 5.97 Å². The molecule has 3 unspecified atom stereocenters. The summed E-state index contributed by atoms with van der Waals surface area (Å²) in [4.78, 5) is 12.4. The number of carbonyl (C=O) groups is 1. The summed E-state index contributed by atoms with van der Waals surface area (Å²) >= 11 is 0. The van der Waals surface area contributed by atoms with Crippen LogP contribution in [-0.2, 0) is 9.47 Å². The highest BCUT2D eigenvalue weighted by atomic mass is 16.6. The van der Waals surface area contributed by atoms with E-state index in [2.05, 4.69) is 0 Å². The standard InChI is InChI=1S/C22H30O4/c1-15(2)11-12-25-19-14-22(4,5)20(23)18(13-16(19)3)26-21(24)17-9-7-6-8-10-17/h6-11,13,18-20,23H,12,14H2,1-5H3. The molecule has 1 N–H and O–H groups in total. The zero-order valence-corrected chi connectivity index (χ0v) is 16.4. The predicted octanol–water partition coefficient (Wildman–Crippen LogP) is 4.30. The summed E-state index contributed by atoms with van der Waals surface area (Å²) in [6, 6.07) is 8.84. The molecule has 4 heteroatoms. The fourth-order valence-electron chi connectivity index (χ4n) is 3.05. The Balaban J connectivity index is 2.18. The van der Waals surface area contributed by atoms with E-state index in [0.29, 0.717) is 18.6 Å². The zero-order chi connectivity index (χ0) is 19.3. The molecule has 1 aromatic rings. The fourth-order valence-corrected chi connectivity index (χ4v) is 3.05. The van der Waals surface area contributed by atoms with Crippen molar-refractivity contribution in [3.8, 4) is 0 Å². The number of allylic oxidation sites excluding steroid dienone is 1. The van der Waals surface area contributed by atoms with Crippen molar-refractivity contribution in [1.29, 1.82) is 0 Å². The van der Waals surface area contributed by atoms with E-state index in [1.165, 1.54) is 5.57 Å². The topological polar surface area (TPSA) is 55.8 Å². The predicted molar refractivity (Wildman–Crippen MR) is 103 cm³/mol. The van der Waals surface area contributed by atoms with E-state index < -0.39 is 23.6 Å². The van der Waals surface area contributed by atoms with Crippen LogP contribution in [-0.4, -0.2) is 36.0 Å². The molecule has 0 spiro atoms. The van der Waals surface area contributed by atoms with Gasteiger partial charge in [-0.05, 0) is 56.4 Å². The number of hydrogen-bond acceptors (Lipinski definition) is 4. The van der Waals surface area contributed by atoms with Gasteiger partial charge in [0.05, 0.1) is 24.4 Å². The lowest BCUT2D eigenvalue weighted by atomic mass is 9.80. The number of ether oxygens (including phenoxy) is 2. The molecule has 2 rings (SSSR count). The first-order chi connectivity index (χ1) is 12.2. The Morgan fingerprint density at radius 3 is 2.54 bits per heavy atom. The van der Waals surface area contributed by atoms with Crippen LogP contribution in [0, 0.1) is 5.41 Å². The summed E-state index contributed by atoms with van der Waals surface area (Å²) in [5, 5.41) is 10.8. The molecule has 1 aliphatic carbocycles. The first-order valence-corrected chi connectivity index (χ1v) is 9.08. The van der Waals surface area contributed by atoms with E-state index in [9.17, 15) is 9.90 Å². The van der Waals surface area contributed by atoms with Crippen molar-refractivity contribution < 1.29 is 19.4 Å². The number of hydrogen-bond donors (Lipinski definition) is 1. The highest BCUT2D eigenvalue weighted by molar-refractivity contribution is 5.89. The Bertz CT molecular complexity index is 669. The molecule has 0 aliphatic heterocycles. The molecular formula is C22H30O4. The quantitative estimate of drug-likeness (QED) is 0.630. The van der Waals surface area contributed by atoms with Gasteiger partial charge in [-0.1, -0.05) is 43.7 Å². The summed E-state index contributed by atoms with van der Waals surface area (Å²) in [7, 11) is 0. The molecular weight excluding hydrogens is 328 g/mol. The minimum absolute atomic E-state index is 0.115. The summed E-state index contributed by atoms with van der Waals surface area (Å²) in [5.41, 5.74) is 2.20. The number of esters is 1. The number of carbonyl (C=O) groups excluding carboxylic acids is 1. The molecule has 0 radical (unpaired) electrons. The molecule has 0 amide bonds. The number of rotatable bonds is 5. The highest BCUT2D eigenvalue weighted by Gasteiger charge is 2.40. The largest absolute Gasteiger partial charge is 0.452 e. The van der Waals surface area contributed by atoms with Crippen molar-refractivity contribution >= 4 is 5.97 Å². The molecule has 26 heavy (non-hydrogen) atoms. The molecule has 0 heterocycles. The lowest BCUT2D eigenvalue weighted by Gasteiger charge is -2.34. The molecule has 0 bridgehead atoms.